The quantitative estimate of drug-likeness (QED) is 0.474. The lowest BCUT2D eigenvalue weighted by molar-refractivity contribution is 1.16. The molecular formula is C13H28Si2. The zero-order chi connectivity index (χ0) is 12.4. The number of hydrogen-bond acceptors (Lipinski definition) is 0. The van der Waals surface area contributed by atoms with Crippen molar-refractivity contribution in [2.75, 3.05) is 0 Å². The van der Waals surface area contributed by atoms with E-state index in [2.05, 4.69) is 65.8 Å². The Labute approximate surface area is 98.5 Å². The Bertz CT molecular complexity index is 247. The van der Waals surface area contributed by atoms with Gasteiger partial charge in [-0.25, -0.2) is 0 Å². The fraction of sp³-hybridized carbons (Fsp3) is 0.692. The Balaban J connectivity index is 5.24. The molecule has 0 bridgehead atoms. The van der Waals surface area contributed by atoms with Crippen LogP contribution in [0.5, 0.6) is 0 Å². The van der Waals surface area contributed by atoms with E-state index in [0.717, 1.165) is 5.16 Å². The lowest BCUT2D eigenvalue weighted by atomic mass is 10.2. The predicted octanol–water partition coefficient (Wildman–Crippen LogP) is 5.09. The molecule has 0 N–H and O–H groups in total. The van der Waals surface area contributed by atoms with Crippen molar-refractivity contribution in [2.24, 2.45) is 0 Å². The first-order valence-corrected chi connectivity index (χ1v) is 13.0. The first kappa shape index (κ1) is 14.9. The highest BCUT2D eigenvalue weighted by molar-refractivity contribution is 6.97. The maximum atomic E-state index is 4.00. The second-order valence-electron chi connectivity index (χ2n) is 6.90. The predicted molar refractivity (Wildman–Crippen MR) is 79.0 cm³/mol. The van der Waals surface area contributed by atoms with E-state index in [-0.39, 0.29) is 0 Å². The van der Waals surface area contributed by atoms with E-state index in [1.807, 2.05) is 0 Å². The monoisotopic (exact) mass is 240 g/mol. The normalized spacial score (nSPS) is 14.6. The van der Waals surface area contributed by atoms with Gasteiger partial charge in [-0.2, -0.15) is 0 Å². The molecule has 0 aromatic carbocycles. The van der Waals surface area contributed by atoms with Gasteiger partial charge < -0.3 is 0 Å². The van der Waals surface area contributed by atoms with Crippen LogP contribution in [0.2, 0.25) is 44.4 Å². The molecule has 0 aromatic heterocycles. The highest BCUT2D eigenvalue weighted by Gasteiger charge is 2.38. The largest absolute Gasteiger partial charge is 0.0961 e. The van der Waals surface area contributed by atoms with Crippen LogP contribution in [0.4, 0.5) is 0 Å². The highest BCUT2D eigenvalue weighted by atomic mass is 28.4. The van der Waals surface area contributed by atoms with Crippen molar-refractivity contribution in [3.63, 3.8) is 0 Å². The molecule has 88 valence electrons. The van der Waals surface area contributed by atoms with Crippen molar-refractivity contribution in [3.8, 4) is 0 Å². The first-order valence-electron chi connectivity index (χ1n) is 5.80. The Morgan fingerprint density at radius 3 is 1.47 bits per heavy atom. The van der Waals surface area contributed by atoms with Crippen LogP contribution in [0.3, 0.4) is 0 Å². The lowest BCUT2D eigenvalue weighted by Crippen LogP contribution is -2.44. The summed E-state index contributed by atoms with van der Waals surface area (Å²) in [6, 6.07) is 0. The van der Waals surface area contributed by atoms with Crippen molar-refractivity contribution in [3.05, 3.63) is 23.8 Å². The zero-order valence-electron chi connectivity index (χ0n) is 11.9. The van der Waals surface area contributed by atoms with Crippen LogP contribution in [0.15, 0.2) is 23.8 Å². The number of rotatable bonds is 4. The van der Waals surface area contributed by atoms with Gasteiger partial charge in [0.25, 0.3) is 0 Å². The third-order valence-corrected chi connectivity index (χ3v) is 12.2. The highest BCUT2D eigenvalue weighted by Crippen LogP contribution is 2.38. The first-order chi connectivity index (χ1) is 6.46. The van der Waals surface area contributed by atoms with Crippen molar-refractivity contribution in [1.29, 1.82) is 0 Å². The molecule has 0 nitrogen and oxygen atoms in total. The average molecular weight is 241 g/mol. The van der Waals surface area contributed by atoms with Crippen molar-refractivity contribution < 1.29 is 0 Å². The van der Waals surface area contributed by atoms with Crippen LogP contribution < -0.4 is 0 Å². The summed E-state index contributed by atoms with van der Waals surface area (Å²) in [5.41, 5.74) is 2.76. The SMILES string of the molecule is C=C(C)C=C(C)C([Si](C)(C)C)[Si](C)(C)C. The molecule has 15 heavy (non-hydrogen) atoms. The van der Waals surface area contributed by atoms with Crippen LogP contribution >= 0.6 is 0 Å². The van der Waals surface area contributed by atoms with Crippen molar-refractivity contribution in [2.45, 2.75) is 58.3 Å². The molecular weight excluding hydrogens is 212 g/mol. The second kappa shape index (κ2) is 4.83. The van der Waals surface area contributed by atoms with Crippen LogP contribution in [0.1, 0.15) is 13.8 Å². The van der Waals surface area contributed by atoms with Gasteiger partial charge in [0, 0.05) is 16.1 Å². The van der Waals surface area contributed by atoms with Crippen LogP contribution in [-0.4, -0.2) is 16.1 Å². The summed E-state index contributed by atoms with van der Waals surface area (Å²) in [6.07, 6.45) is 2.29. The summed E-state index contributed by atoms with van der Waals surface area (Å²) >= 11 is 0. The summed E-state index contributed by atoms with van der Waals surface area (Å²) in [6.45, 7) is 23.3. The van der Waals surface area contributed by atoms with E-state index >= 15 is 0 Å². The van der Waals surface area contributed by atoms with Gasteiger partial charge in [0.05, 0.1) is 0 Å². The molecule has 0 saturated carbocycles. The average Bonchev–Trinajstić information content (AvgIpc) is 1.74. The van der Waals surface area contributed by atoms with Gasteiger partial charge >= 0.3 is 0 Å². The third-order valence-electron chi connectivity index (χ3n) is 2.66. The van der Waals surface area contributed by atoms with Gasteiger partial charge in [-0.15, -0.1) is 0 Å². The zero-order valence-corrected chi connectivity index (χ0v) is 13.9. The van der Waals surface area contributed by atoms with E-state index in [1.54, 1.807) is 5.57 Å². The standard InChI is InChI=1S/C13H28Si2/c1-11(2)10-12(3)13(14(4,5)6)15(7,8)9/h10,13H,1H2,2-9H3. The van der Waals surface area contributed by atoms with Crippen LogP contribution in [0, 0.1) is 0 Å². The molecule has 0 atom stereocenters. The smallest absolute Gasteiger partial charge is 0.0489 e. The molecule has 0 saturated heterocycles. The van der Waals surface area contributed by atoms with E-state index in [1.165, 1.54) is 5.57 Å². The number of allylic oxidation sites excluding steroid dienone is 3. The van der Waals surface area contributed by atoms with Gasteiger partial charge in [-0.05, 0) is 19.0 Å². The van der Waals surface area contributed by atoms with Crippen molar-refractivity contribution >= 4 is 16.1 Å². The van der Waals surface area contributed by atoms with Gasteiger partial charge in [-0.1, -0.05) is 63.1 Å². The lowest BCUT2D eigenvalue weighted by Gasteiger charge is -2.39. The fourth-order valence-corrected chi connectivity index (χ4v) is 16.4. The summed E-state index contributed by atoms with van der Waals surface area (Å²) in [7, 11) is -2.20. The fourth-order valence-electron chi connectivity index (χ4n) is 3.14. The molecule has 0 spiro atoms. The maximum Gasteiger partial charge on any atom is 0.0489 e. The van der Waals surface area contributed by atoms with Crippen molar-refractivity contribution in [1.82, 2.24) is 0 Å². The Morgan fingerprint density at radius 2 is 1.27 bits per heavy atom. The summed E-state index contributed by atoms with van der Waals surface area (Å²) < 4.78 is 0. The minimum absolute atomic E-state index is 0.863. The van der Waals surface area contributed by atoms with Crippen LogP contribution in [0.25, 0.3) is 0 Å². The van der Waals surface area contributed by atoms with Crippen LogP contribution in [-0.2, 0) is 0 Å². The molecule has 0 fully saturated rings. The Kier molecular flexibility index (Phi) is 4.80. The molecule has 0 aliphatic carbocycles. The van der Waals surface area contributed by atoms with E-state index in [0.29, 0.717) is 0 Å². The third kappa shape index (κ3) is 4.98. The molecule has 0 aromatic rings. The van der Waals surface area contributed by atoms with Gasteiger partial charge in [0.2, 0.25) is 0 Å². The summed E-state index contributed by atoms with van der Waals surface area (Å²) in [5, 5.41) is 0.863. The molecule has 0 amide bonds. The van der Waals surface area contributed by atoms with Gasteiger partial charge in [0.1, 0.15) is 0 Å². The van der Waals surface area contributed by atoms with E-state index in [9.17, 15) is 0 Å². The Morgan fingerprint density at radius 1 is 0.933 bits per heavy atom. The second-order valence-corrected chi connectivity index (χ2v) is 18.1. The van der Waals surface area contributed by atoms with E-state index < -0.39 is 16.1 Å². The minimum Gasteiger partial charge on any atom is -0.0961 e. The van der Waals surface area contributed by atoms with Gasteiger partial charge in [0.15, 0.2) is 0 Å². The summed E-state index contributed by atoms with van der Waals surface area (Å²) in [4.78, 5) is 0. The van der Waals surface area contributed by atoms with E-state index in [4.69, 9.17) is 0 Å². The van der Waals surface area contributed by atoms with Gasteiger partial charge in [-0.3, -0.25) is 0 Å². The number of hydrogen-bond donors (Lipinski definition) is 0. The summed E-state index contributed by atoms with van der Waals surface area (Å²) in [5.74, 6) is 0. The molecule has 2 heteroatoms. The minimum atomic E-state index is -1.10. The molecule has 0 rings (SSSR count). The Hall–Kier alpha value is -0.0862. The molecule has 0 unspecified atom stereocenters. The molecule has 0 aliphatic heterocycles. The molecule has 0 heterocycles. The molecule has 0 radical (unpaired) electrons. The topological polar surface area (TPSA) is 0 Å². The maximum absolute atomic E-state index is 4.00. The molecule has 0 aliphatic rings.